The van der Waals surface area contributed by atoms with Gasteiger partial charge in [-0.1, -0.05) is 52.1 Å². The van der Waals surface area contributed by atoms with Gasteiger partial charge in [0.2, 0.25) is 0 Å². The van der Waals surface area contributed by atoms with E-state index in [2.05, 4.69) is 44.5 Å². The standard InChI is InChI=1S/C15H26N2S2/c1-6-8-17(7-2)10-9-16(5)13-12(11(3)4)14(18)15(13)19/h11H,6-10H2,1-5H3. The summed E-state index contributed by atoms with van der Waals surface area (Å²) in [5, 5.41) is 0. The fourth-order valence-corrected chi connectivity index (χ4v) is 3.26. The molecule has 0 saturated heterocycles. The molecule has 0 aromatic heterocycles. The Morgan fingerprint density at radius 1 is 1.00 bits per heavy atom. The van der Waals surface area contributed by atoms with E-state index in [0.717, 1.165) is 28.7 Å². The molecule has 1 aromatic rings. The summed E-state index contributed by atoms with van der Waals surface area (Å²) in [4.78, 5) is 4.76. The minimum atomic E-state index is 0.467. The van der Waals surface area contributed by atoms with Crippen LogP contribution in [0, 0.1) is 9.02 Å². The van der Waals surface area contributed by atoms with E-state index in [1.807, 2.05) is 0 Å². The van der Waals surface area contributed by atoms with Gasteiger partial charge in [-0.3, -0.25) is 0 Å². The van der Waals surface area contributed by atoms with E-state index in [9.17, 15) is 0 Å². The summed E-state index contributed by atoms with van der Waals surface area (Å²) in [6.07, 6.45) is 1.21. The zero-order valence-electron chi connectivity index (χ0n) is 12.8. The van der Waals surface area contributed by atoms with Crippen molar-refractivity contribution in [2.45, 2.75) is 40.0 Å². The van der Waals surface area contributed by atoms with Crippen LogP contribution in [-0.4, -0.2) is 38.1 Å². The summed E-state index contributed by atoms with van der Waals surface area (Å²) in [7, 11) is 2.13. The van der Waals surface area contributed by atoms with Crippen LogP contribution in [0.2, 0.25) is 0 Å². The van der Waals surface area contributed by atoms with Crippen molar-refractivity contribution in [1.82, 2.24) is 4.90 Å². The summed E-state index contributed by atoms with van der Waals surface area (Å²) in [5.41, 5.74) is 2.49. The molecule has 0 fully saturated rings. The molecular formula is C15H26N2S2. The van der Waals surface area contributed by atoms with Crippen LogP contribution in [0.15, 0.2) is 0 Å². The van der Waals surface area contributed by atoms with Crippen LogP contribution in [0.1, 0.15) is 45.6 Å². The molecule has 0 atom stereocenters. The quantitative estimate of drug-likeness (QED) is 0.659. The van der Waals surface area contributed by atoms with Gasteiger partial charge >= 0.3 is 0 Å². The van der Waals surface area contributed by atoms with Crippen molar-refractivity contribution in [3.05, 3.63) is 14.6 Å². The van der Waals surface area contributed by atoms with Crippen LogP contribution < -0.4 is 4.90 Å². The monoisotopic (exact) mass is 298 g/mol. The van der Waals surface area contributed by atoms with Crippen molar-refractivity contribution in [2.75, 3.05) is 38.1 Å². The maximum Gasteiger partial charge on any atom is 0.0798 e. The van der Waals surface area contributed by atoms with Crippen LogP contribution in [0.5, 0.6) is 0 Å². The average molecular weight is 299 g/mol. The van der Waals surface area contributed by atoms with Crippen LogP contribution in [0.3, 0.4) is 0 Å². The summed E-state index contributed by atoms with van der Waals surface area (Å²) < 4.78 is 1.80. The SMILES string of the molecule is CCCN(CC)CCN(C)c1c(C(C)C)c(=S)c1=S. The Hall–Kier alpha value is -0.320. The van der Waals surface area contributed by atoms with Crippen molar-refractivity contribution < 1.29 is 0 Å². The van der Waals surface area contributed by atoms with Crippen LogP contribution in [-0.2, 0) is 0 Å². The van der Waals surface area contributed by atoms with Crippen LogP contribution >= 0.6 is 24.4 Å². The van der Waals surface area contributed by atoms with E-state index in [1.54, 1.807) is 0 Å². The van der Waals surface area contributed by atoms with E-state index in [1.165, 1.54) is 24.2 Å². The van der Waals surface area contributed by atoms with Gasteiger partial charge < -0.3 is 9.80 Å². The highest BCUT2D eigenvalue weighted by Crippen LogP contribution is 2.35. The molecule has 2 nitrogen and oxygen atoms in total. The van der Waals surface area contributed by atoms with Crippen LogP contribution in [0.25, 0.3) is 0 Å². The van der Waals surface area contributed by atoms with E-state index in [-0.39, 0.29) is 0 Å². The lowest BCUT2D eigenvalue weighted by atomic mass is 9.96. The number of hydrogen-bond acceptors (Lipinski definition) is 4. The molecule has 1 rings (SSSR count). The molecule has 0 heterocycles. The van der Waals surface area contributed by atoms with Crippen molar-refractivity contribution in [3.63, 3.8) is 0 Å². The van der Waals surface area contributed by atoms with Gasteiger partial charge in [-0.05, 0) is 31.0 Å². The third kappa shape index (κ3) is 3.83. The predicted molar refractivity (Wildman–Crippen MR) is 90.2 cm³/mol. The van der Waals surface area contributed by atoms with E-state index >= 15 is 0 Å². The van der Waals surface area contributed by atoms with Gasteiger partial charge in [-0.2, -0.15) is 0 Å². The Morgan fingerprint density at radius 2 is 1.63 bits per heavy atom. The molecule has 108 valence electrons. The lowest BCUT2D eigenvalue weighted by Gasteiger charge is -2.29. The van der Waals surface area contributed by atoms with Crippen molar-refractivity contribution in [3.8, 4) is 0 Å². The molecule has 0 aliphatic rings. The first-order valence-electron chi connectivity index (χ1n) is 7.20. The second-order valence-electron chi connectivity index (χ2n) is 5.43. The molecule has 0 unspecified atom stereocenters. The molecule has 0 saturated carbocycles. The first kappa shape index (κ1) is 16.7. The Balaban J connectivity index is 2.69. The first-order chi connectivity index (χ1) is 8.93. The van der Waals surface area contributed by atoms with Gasteiger partial charge in [0, 0.05) is 20.1 Å². The van der Waals surface area contributed by atoms with Gasteiger partial charge in [0.25, 0.3) is 0 Å². The Morgan fingerprint density at radius 3 is 2.11 bits per heavy atom. The van der Waals surface area contributed by atoms with Gasteiger partial charge in [0.1, 0.15) is 0 Å². The highest BCUT2D eigenvalue weighted by molar-refractivity contribution is 7.74. The van der Waals surface area contributed by atoms with E-state index in [0.29, 0.717) is 5.92 Å². The number of nitrogens with zero attached hydrogens (tertiary/aromatic N) is 2. The molecule has 0 N–H and O–H groups in total. The van der Waals surface area contributed by atoms with Gasteiger partial charge in [-0.15, -0.1) is 0 Å². The smallest absolute Gasteiger partial charge is 0.0798 e. The van der Waals surface area contributed by atoms with Crippen molar-refractivity contribution in [1.29, 1.82) is 0 Å². The highest BCUT2D eigenvalue weighted by Gasteiger charge is 2.20. The average Bonchev–Trinajstić information content (AvgIpc) is 2.38. The molecule has 0 bridgehead atoms. The number of anilines is 1. The lowest BCUT2D eigenvalue weighted by molar-refractivity contribution is 0.295. The Bertz CT molecular complexity index is 473. The Kier molecular flexibility index (Phi) is 6.57. The third-order valence-electron chi connectivity index (χ3n) is 3.62. The predicted octanol–water partition coefficient (Wildman–Crippen LogP) is 4.31. The molecule has 0 aliphatic heterocycles. The Labute approximate surface area is 128 Å². The third-order valence-corrected chi connectivity index (χ3v) is 4.57. The second kappa shape index (κ2) is 7.46. The normalized spacial score (nSPS) is 11.7. The number of rotatable bonds is 8. The molecule has 4 heteroatoms. The molecule has 19 heavy (non-hydrogen) atoms. The zero-order chi connectivity index (χ0) is 14.6. The molecule has 0 spiro atoms. The van der Waals surface area contributed by atoms with E-state index in [4.69, 9.17) is 24.4 Å². The second-order valence-corrected chi connectivity index (χ2v) is 6.25. The summed E-state index contributed by atoms with van der Waals surface area (Å²) in [6.45, 7) is 13.2. The summed E-state index contributed by atoms with van der Waals surface area (Å²) >= 11 is 10.8. The van der Waals surface area contributed by atoms with Crippen molar-refractivity contribution >= 4 is 30.1 Å². The summed E-state index contributed by atoms with van der Waals surface area (Å²) in [6, 6.07) is 0. The van der Waals surface area contributed by atoms with Crippen LogP contribution in [0.4, 0.5) is 5.69 Å². The highest BCUT2D eigenvalue weighted by atomic mass is 32.1. The topological polar surface area (TPSA) is 6.48 Å². The number of likely N-dealkylation sites (N-methyl/N-ethyl adjacent to an activating group) is 2. The molecule has 0 aliphatic carbocycles. The first-order valence-corrected chi connectivity index (χ1v) is 8.02. The van der Waals surface area contributed by atoms with Gasteiger partial charge in [0.15, 0.2) is 0 Å². The molecule has 0 amide bonds. The zero-order valence-corrected chi connectivity index (χ0v) is 14.5. The minimum absolute atomic E-state index is 0.467. The number of hydrogen-bond donors (Lipinski definition) is 0. The largest absolute Gasteiger partial charge is 0.372 e. The van der Waals surface area contributed by atoms with Gasteiger partial charge in [-0.25, -0.2) is 0 Å². The van der Waals surface area contributed by atoms with Crippen molar-refractivity contribution in [2.24, 2.45) is 0 Å². The molecule has 0 radical (unpaired) electrons. The van der Waals surface area contributed by atoms with Gasteiger partial charge in [0.05, 0.1) is 14.7 Å². The molecule has 1 aromatic carbocycles. The fourth-order valence-electron chi connectivity index (χ4n) is 2.46. The maximum atomic E-state index is 5.41. The molecular weight excluding hydrogens is 272 g/mol. The van der Waals surface area contributed by atoms with E-state index < -0.39 is 0 Å². The lowest BCUT2D eigenvalue weighted by Crippen LogP contribution is -2.34. The maximum absolute atomic E-state index is 5.41. The summed E-state index contributed by atoms with van der Waals surface area (Å²) in [5.74, 6) is 0.467. The minimum Gasteiger partial charge on any atom is -0.372 e. The fraction of sp³-hybridized carbons (Fsp3) is 0.733.